The first kappa shape index (κ1) is 10.7. The minimum Gasteiger partial charge on any atom is -0.370 e. The van der Waals surface area contributed by atoms with Crippen LogP contribution in [-0.2, 0) is 4.79 Å². The van der Waals surface area contributed by atoms with Crippen LogP contribution >= 0.6 is 0 Å². The van der Waals surface area contributed by atoms with E-state index in [1.807, 2.05) is 0 Å². The summed E-state index contributed by atoms with van der Waals surface area (Å²) in [4.78, 5) is 10.3. The van der Waals surface area contributed by atoms with Gasteiger partial charge in [-0.05, 0) is 12.8 Å². The molecular formula is C6H14N5O. The van der Waals surface area contributed by atoms with Crippen LogP contribution in [-0.4, -0.2) is 24.5 Å². The van der Waals surface area contributed by atoms with Gasteiger partial charge in [-0.3, -0.25) is 15.9 Å². The number of carbonyl (C=O) groups is 1. The van der Waals surface area contributed by atoms with Gasteiger partial charge in [-0.15, -0.1) is 0 Å². The molecule has 0 saturated heterocycles. The molecule has 1 unspecified atom stereocenters. The fourth-order valence-corrected chi connectivity index (χ4v) is 0.676. The Kier molecular flexibility index (Phi) is 4.78. The zero-order valence-corrected chi connectivity index (χ0v) is 6.76. The lowest BCUT2D eigenvalue weighted by molar-refractivity contribution is -0.120. The number of nitrogens with two attached hydrogens (primary N) is 2. The molecule has 0 aromatic rings. The molecule has 0 aliphatic carbocycles. The monoisotopic (exact) mass is 172 g/mol. The van der Waals surface area contributed by atoms with E-state index in [2.05, 4.69) is 5.32 Å². The molecule has 0 saturated carbocycles. The highest BCUT2D eigenvalue weighted by atomic mass is 16.1. The molecule has 0 spiro atoms. The van der Waals surface area contributed by atoms with E-state index in [1.54, 1.807) is 0 Å². The summed E-state index contributed by atoms with van der Waals surface area (Å²) in [6.45, 7) is 0.510. The van der Waals surface area contributed by atoms with Gasteiger partial charge in [-0.2, -0.15) is 0 Å². The average Bonchev–Trinajstić information content (AvgIpc) is 1.97. The second-order valence-electron chi connectivity index (χ2n) is 2.45. The molecule has 0 bridgehead atoms. The lowest BCUT2D eigenvalue weighted by atomic mass is 10.1. The Balaban J connectivity index is 3.31. The van der Waals surface area contributed by atoms with Gasteiger partial charge in [0.15, 0.2) is 5.96 Å². The van der Waals surface area contributed by atoms with Gasteiger partial charge < -0.3 is 16.8 Å². The summed E-state index contributed by atoms with van der Waals surface area (Å²) in [6, 6.07) is -0.709. The lowest BCUT2D eigenvalue weighted by Gasteiger charge is -2.06. The van der Waals surface area contributed by atoms with E-state index in [1.165, 1.54) is 0 Å². The second-order valence-corrected chi connectivity index (χ2v) is 2.45. The normalized spacial score (nSPS) is 12.1. The minimum atomic E-state index is -0.752. The molecular weight excluding hydrogens is 158 g/mol. The molecule has 6 nitrogen and oxygen atoms in total. The van der Waals surface area contributed by atoms with Crippen LogP contribution in [0.2, 0.25) is 0 Å². The maximum Gasteiger partial charge on any atom is 0.255 e. The number of rotatable bonds is 5. The molecule has 6 heteroatoms. The first-order valence-corrected chi connectivity index (χ1v) is 3.63. The fourth-order valence-electron chi connectivity index (χ4n) is 0.676. The molecule has 1 atom stereocenters. The molecule has 7 N–H and O–H groups in total. The fraction of sp³-hybridized carbons (Fsp3) is 0.667. The highest BCUT2D eigenvalue weighted by Crippen LogP contribution is 1.92. The Morgan fingerprint density at radius 1 is 1.58 bits per heavy atom. The molecule has 0 fully saturated rings. The van der Waals surface area contributed by atoms with E-state index < -0.39 is 11.9 Å². The second kappa shape index (κ2) is 5.36. The smallest absolute Gasteiger partial charge is 0.255 e. The Hall–Kier alpha value is -1.30. The third-order valence-corrected chi connectivity index (χ3v) is 1.34. The Bertz CT molecular complexity index is 169. The quantitative estimate of drug-likeness (QED) is 0.226. The van der Waals surface area contributed by atoms with Crippen molar-refractivity contribution in [3.8, 4) is 0 Å². The largest absolute Gasteiger partial charge is 0.370 e. The van der Waals surface area contributed by atoms with Gasteiger partial charge in [0.2, 0.25) is 0 Å². The predicted octanol–water partition coefficient (Wildman–Crippen LogP) is -1.61. The van der Waals surface area contributed by atoms with E-state index >= 15 is 0 Å². The van der Waals surface area contributed by atoms with Crippen molar-refractivity contribution in [3.63, 3.8) is 0 Å². The van der Waals surface area contributed by atoms with E-state index in [9.17, 15) is 4.79 Å². The number of amides is 1. The number of carbonyl (C=O) groups excluding carboxylic acids is 1. The summed E-state index contributed by atoms with van der Waals surface area (Å²) >= 11 is 0. The highest BCUT2D eigenvalue weighted by molar-refractivity contribution is 5.78. The van der Waals surface area contributed by atoms with Crippen molar-refractivity contribution in [1.82, 2.24) is 11.1 Å². The first-order valence-electron chi connectivity index (χ1n) is 3.63. The summed E-state index contributed by atoms with van der Waals surface area (Å²) in [5.74, 6) is -0.849. The molecule has 1 radical (unpaired) electrons. The summed E-state index contributed by atoms with van der Waals surface area (Å²) in [7, 11) is 0. The number of nitrogens with one attached hydrogen (secondary N) is 3. The zero-order valence-electron chi connectivity index (χ0n) is 6.76. The molecule has 0 aliphatic heterocycles. The minimum absolute atomic E-state index is 0.0965. The zero-order chi connectivity index (χ0) is 9.56. The van der Waals surface area contributed by atoms with Gasteiger partial charge in [0.05, 0.1) is 6.04 Å². The predicted molar refractivity (Wildman–Crippen MR) is 45.2 cm³/mol. The molecule has 1 amide bonds. The van der Waals surface area contributed by atoms with Crippen LogP contribution in [0.5, 0.6) is 0 Å². The van der Waals surface area contributed by atoms with Gasteiger partial charge in [0.1, 0.15) is 0 Å². The maximum absolute atomic E-state index is 10.3. The van der Waals surface area contributed by atoms with Crippen molar-refractivity contribution >= 4 is 11.9 Å². The summed E-state index contributed by atoms with van der Waals surface area (Å²) < 4.78 is 0. The third-order valence-electron chi connectivity index (χ3n) is 1.34. The van der Waals surface area contributed by atoms with Gasteiger partial charge in [-0.25, -0.2) is 0 Å². The van der Waals surface area contributed by atoms with Crippen molar-refractivity contribution in [3.05, 3.63) is 0 Å². The van der Waals surface area contributed by atoms with Crippen LogP contribution in [0.1, 0.15) is 12.8 Å². The molecule has 0 aliphatic rings. The standard InChI is InChI=1S/C6H14N5O/c7-4(5(8)12)2-1-3-11-6(9)10/h4,8H,1-3,7H2,(H4,9,10,11). The molecule has 0 heterocycles. The Labute approximate surface area is 71.0 Å². The van der Waals surface area contributed by atoms with Crippen molar-refractivity contribution in [2.45, 2.75) is 18.9 Å². The topological polar surface area (TPSA) is 129 Å². The first-order chi connectivity index (χ1) is 5.54. The van der Waals surface area contributed by atoms with E-state index in [4.69, 9.17) is 22.6 Å². The van der Waals surface area contributed by atoms with Crippen molar-refractivity contribution in [2.24, 2.45) is 11.5 Å². The lowest BCUT2D eigenvalue weighted by Crippen LogP contribution is -2.34. The molecule has 0 aromatic carbocycles. The third kappa shape index (κ3) is 5.48. The van der Waals surface area contributed by atoms with Crippen LogP contribution in [0.3, 0.4) is 0 Å². The molecule has 0 rings (SSSR count). The van der Waals surface area contributed by atoms with Gasteiger partial charge in [0.25, 0.3) is 5.91 Å². The van der Waals surface area contributed by atoms with Crippen molar-refractivity contribution in [1.29, 1.82) is 5.41 Å². The van der Waals surface area contributed by atoms with Gasteiger partial charge >= 0.3 is 0 Å². The maximum atomic E-state index is 10.3. The van der Waals surface area contributed by atoms with Crippen LogP contribution in [0.15, 0.2) is 0 Å². The molecule has 12 heavy (non-hydrogen) atoms. The Morgan fingerprint density at radius 3 is 2.58 bits per heavy atom. The molecule has 0 aromatic heterocycles. The summed E-state index contributed by atoms with van der Waals surface area (Å²) in [5, 5.41) is 9.37. The van der Waals surface area contributed by atoms with E-state index in [0.29, 0.717) is 19.4 Å². The Morgan fingerprint density at radius 2 is 2.17 bits per heavy atom. The van der Waals surface area contributed by atoms with Gasteiger partial charge in [0, 0.05) is 6.54 Å². The van der Waals surface area contributed by atoms with Crippen LogP contribution < -0.4 is 22.5 Å². The van der Waals surface area contributed by atoms with Crippen LogP contribution in [0.25, 0.3) is 0 Å². The van der Waals surface area contributed by atoms with E-state index in [-0.39, 0.29) is 5.96 Å². The van der Waals surface area contributed by atoms with Crippen LogP contribution in [0.4, 0.5) is 0 Å². The highest BCUT2D eigenvalue weighted by Gasteiger charge is 2.08. The average molecular weight is 172 g/mol. The SMILES string of the molecule is [NH]C(=O)C(N)CCCNC(=N)N. The van der Waals surface area contributed by atoms with E-state index in [0.717, 1.165) is 0 Å². The molecule has 69 valence electrons. The van der Waals surface area contributed by atoms with Crippen molar-refractivity contribution in [2.75, 3.05) is 6.54 Å². The van der Waals surface area contributed by atoms with Crippen LogP contribution in [0, 0.1) is 5.41 Å². The van der Waals surface area contributed by atoms with Crippen molar-refractivity contribution < 1.29 is 4.79 Å². The van der Waals surface area contributed by atoms with Gasteiger partial charge in [-0.1, -0.05) is 0 Å². The summed E-state index contributed by atoms with van der Waals surface area (Å²) in [5.41, 5.74) is 16.9. The number of hydrogen-bond acceptors (Lipinski definition) is 3. The number of hydrogen-bond donors (Lipinski definition) is 4. The summed E-state index contributed by atoms with van der Waals surface area (Å²) in [6.07, 6.45) is 1.08. The number of guanidine groups is 1.